The van der Waals surface area contributed by atoms with Crippen molar-refractivity contribution < 1.29 is 25.8 Å². The van der Waals surface area contributed by atoms with E-state index in [-0.39, 0.29) is 0 Å². The van der Waals surface area contributed by atoms with Crippen LogP contribution in [0.2, 0.25) is 0 Å². The highest BCUT2D eigenvalue weighted by Gasteiger charge is 2.20. The Bertz CT molecular complexity index is 456. The van der Waals surface area contributed by atoms with Crippen LogP contribution in [0.3, 0.4) is 0 Å². The molecule has 15 heavy (non-hydrogen) atoms. The quantitative estimate of drug-likeness (QED) is 0.761. The van der Waals surface area contributed by atoms with Crippen molar-refractivity contribution in [2.24, 2.45) is 0 Å². The van der Waals surface area contributed by atoms with Crippen molar-refractivity contribution in [3.63, 3.8) is 0 Å². The Hall–Kier alpha value is -1.24. The van der Waals surface area contributed by atoms with Gasteiger partial charge in [-0.15, -0.1) is 3.89 Å². The maximum Gasteiger partial charge on any atom is 0.387 e. The number of hydrogen-bond acceptors (Lipinski definition) is 3. The normalized spacial score (nSPS) is 11.8. The van der Waals surface area contributed by atoms with Crippen LogP contribution < -0.4 is 4.74 Å². The molecule has 0 N–H and O–H groups in total. The number of benzene rings is 1. The minimum atomic E-state index is -5.05. The molecule has 0 aliphatic rings. The average molecular weight is 240 g/mol. The van der Waals surface area contributed by atoms with Crippen LogP contribution in [0.5, 0.6) is 5.75 Å². The SMILES string of the molecule is Cc1ccc(S(=O)(=O)F)c(OC(F)F)c1. The maximum atomic E-state index is 12.6. The largest absolute Gasteiger partial charge is 0.433 e. The summed E-state index contributed by atoms with van der Waals surface area (Å²) in [5, 5.41) is 0. The van der Waals surface area contributed by atoms with E-state index in [9.17, 15) is 21.1 Å². The first-order chi connectivity index (χ1) is 6.80. The summed E-state index contributed by atoms with van der Waals surface area (Å²) in [5.74, 6) is -0.687. The zero-order chi connectivity index (χ0) is 11.6. The van der Waals surface area contributed by atoms with Crippen molar-refractivity contribution in [1.29, 1.82) is 0 Å². The molecule has 1 aromatic rings. The van der Waals surface area contributed by atoms with Crippen LogP contribution in [0.25, 0.3) is 0 Å². The van der Waals surface area contributed by atoms with E-state index in [0.717, 1.165) is 12.1 Å². The van der Waals surface area contributed by atoms with Crippen molar-refractivity contribution in [3.8, 4) is 5.75 Å². The Labute approximate surface area is 84.7 Å². The molecule has 0 heterocycles. The molecule has 0 aliphatic heterocycles. The Morgan fingerprint density at radius 3 is 2.40 bits per heavy atom. The van der Waals surface area contributed by atoms with Crippen molar-refractivity contribution in [1.82, 2.24) is 0 Å². The highest BCUT2D eigenvalue weighted by Crippen LogP contribution is 2.27. The Morgan fingerprint density at radius 2 is 1.93 bits per heavy atom. The lowest BCUT2D eigenvalue weighted by Gasteiger charge is -2.08. The van der Waals surface area contributed by atoms with Crippen LogP contribution in [0.15, 0.2) is 23.1 Å². The predicted octanol–water partition coefficient (Wildman–Crippen LogP) is 2.25. The molecule has 0 saturated heterocycles. The van der Waals surface area contributed by atoms with Gasteiger partial charge >= 0.3 is 16.8 Å². The molecule has 1 rings (SSSR count). The molecule has 0 unspecified atom stereocenters. The number of hydrogen-bond donors (Lipinski definition) is 0. The fourth-order valence-corrected chi connectivity index (χ4v) is 1.58. The second-order valence-electron chi connectivity index (χ2n) is 2.77. The number of ether oxygens (including phenoxy) is 1. The molecule has 0 radical (unpaired) electrons. The Balaban J connectivity index is 3.27. The molecule has 0 aromatic heterocycles. The first-order valence-corrected chi connectivity index (χ1v) is 5.19. The van der Waals surface area contributed by atoms with E-state index in [1.165, 1.54) is 13.0 Å². The fourth-order valence-electron chi connectivity index (χ4n) is 1.00. The van der Waals surface area contributed by atoms with Gasteiger partial charge in [-0.05, 0) is 24.6 Å². The van der Waals surface area contributed by atoms with Crippen LogP contribution in [0.4, 0.5) is 12.7 Å². The number of alkyl halides is 2. The summed E-state index contributed by atoms with van der Waals surface area (Å²) in [7, 11) is -5.05. The van der Waals surface area contributed by atoms with Crippen molar-refractivity contribution in [3.05, 3.63) is 23.8 Å². The summed E-state index contributed by atoms with van der Waals surface area (Å²) in [5.41, 5.74) is 0.484. The summed E-state index contributed by atoms with van der Waals surface area (Å²) in [6.07, 6.45) is 0. The molecule has 0 fully saturated rings. The molecule has 7 heteroatoms. The van der Waals surface area contributed by atoms with Gasteiger partial charge in [-0.3, -0.25) is 0 Å². The van der Waals surface area contributed by atoms with Crippen molar-refractivity contribution >= 4 is 10.2 Å². The monoisotopic (exact) mass is 240 g/mol. The fraction of sp³-hybridized carbons (Fsp3) is 0.250. The van der Waals surface area contributed by atoms with E-state index in [0.29, 0.717) is 5.56 Å². The van der Waals surface area contributed by atoms with Gasteiger partial charge in [0.1, 0.15) is 10.6 Å². The van der Waals surface area contributed by atoms with Gasteiger partial charge in [-0.2, -0.15) is 17.2 Å². The van der Waals surface area contributed by atoms with Crippen LogP contribution in [0.1, 0.15) is 5.56 Å². The van der Waals surface area contributed by atoms with Crippen molar-refractivity contribution in [2.75, 3.05) is 0 Å². The number of halogens is 3. The second kappa shape index (κ2) is 4.09. The summed E-state index contributed by atoms with van der Waals surface area (Å²) in [6, 6.07) is 3.19. The topological polar surface area (TPSA) is 43.4 Å². The molecule has 0 aliphatic carbocycles. The molecule has 0 saturated carbocycles. The molecular weight excluding hydrogens is 233 g/mol. The summed E-state index contributed by atoms with van der Waals surface area (Å²) in [4.78, 5) is -0.895. The van der Waals surface area contributed by atoms with Gasteiger partial charge < -0.3 is 4.74 Å². The molecule has 0 atom stereocenters. The average Bonchev–Trinajstić information content (AvgIpc) is 1.99. The van der Waals surface area contributed by atoms with E-state index in [4.69, 9.17) is 0 Å². The lowest BCUT2D eigenvalue weighted by molar-refractivity contribution is -0.0518. The van der Waals surface area contributed by atoms with Gasteiger partial charge in [0.15, 0.2) is 0 Å². The van der Waals surface area contributed by atoms with Crippen LogP contribution >= 0.6 is 0 Å². The van der Waals surface area contributed by atoms with E-state index < -0.39 is 27.5 Å². The van der Waals surface area contributed by atoms with Gasteiger partial charge in [0, 0.05) is 0 Å². The van der Waals surface area contributed by atoms with Crippen LogP contribution in [-0.4, -0.2) is 15.0 Å². The molecule has 0 spiro atoms. The van der Waals surface area contributed by atoms with E-state index in [1.54, 1.807) is 0 Å². The zero-order valence-electron chi connectivity index (χ0n) is 7.58. The standard InChI is InChI=1S/C8H7F3O3S/c1-5-2-3-7(15(11,12)13)6(4-5)14-8(9)10/h2-4,8H,1H3. The number of aryl methyl sites for hydroxylation is 1. The third kappa shape index (κ3) is 3.12. The summed E-state index contributed by atoms with van der Waals surface area (Å²) < 4.78 is 61.4. The number of rotatable bonds is 3. The molecular formula is C8H7F3O3S. The smallest absolute Gasteiger partial charge is 0.387 e. The summed E-state index contributed by atoms with van der Waals surface area (Å²) >= 11 is 0. The molecule has 0 bridgehead atoms. The van der Waals surface area contributed by atoms with Crippen LogP contribution in [0, 0.1) is 6.92 Å². The molecule has 3 nitrogen and oxygen atoms in total. The minimum absolute atomic E-state index is 0.484. The van der Waals surface area contributed by atoms with E-state index in [1.807, 2.05) is 0 Å². The highest BCUT2D eigenvalue weighted by molar-refractivity contribution is 7.86. The second-order valence-corrected chi connectivity index (χ2v) is 4.08. The van der Waals surface area contributed by atoms with E-state index in [2.05, 4.69) is 4.74 Å². The van der Waals surface area contributed by atoms with Gasteiger partial charge in [-0.25, -0.2) is 0 Å². The maximum absolute atomic E-state index is 12.6. The third-order valence-corrected chi connectivity index (χ3v) is 2.44. The van der Waals surface area contributed by atoms with Gasteiger partial charge in [0.25, 0.3) is 0 Å². The van der Waals surface area contributed by atoms with Crippen LogP contribution in [-0.2, 0) is 10.2 Å². The van der Waals surface area contributed by atoms with E-state index >= 15 is 0 Å². The molecule has 1 aromatic carbocycles. The van der Waals surface area contributed by atoms with Gasteiger partial charge in [-0.1, -0.05) is 6.07 Å². The Kier molecular flexibility index (Phi) is 3.23. The van der Waals surface area contributed by atoms with Gasteiger partial charge in [0.2, 0.25) is 0 Å². The Morgan fingerprint density at radius 1 is 1.33 bits per heavy atom. The molecule has 84 valence electrons. The lowest BCUT2D eigenvalue weighted by Crippen LogP contribution is -2.06. The first kappa shape index (κ1) is 11.8. The predicted molar refractivity (Wildman–Crippen MR) is 46.1 cm³/mol. The van der Waals surface area contributed by atoms with Crippen molar-refractivity contribution in [2.45, 2.75) is 18.4 Å². The highest BCUT2D eigenvalue weighted by atomic mass is 32.3. The zero-order valence-corrected chi connectivity index (χ0v) is 8.39. The first-order valence-electron chi connectivity index (χ1n) is 3.81. The lowest BCUT2D eigenvalue weighted by atomic mass is 10.2. The minimum Gasteiger partial charge on any atom is -0.433 e. The third-order valence-electron chi connectivity index (χ3n) is 1.58. The summed E-state index contributed by atoms with van der Waals surface area (Å²) in [6.45, 7) is -1.67. The molecule has 0 amide bonds. The van der Waals surface area contributed by atoms with Gasteiger partial charge in [0.05, 0.1) is 0 Å².